The molecule has 0 fully saturated rings. The van der Waals surface area contributed by atoms with Gasteiger partial charge in [0.15, 0.2) is 0 Å². The molecular formula is C10H15N3O. The average molecular weight is 193 g/mol. The first kappa shape index (κ1) is 10.8. The van der Waals surface area contributed by atoms with E-state index >= 15 is 0 Å². The van der Waals surface area contributed by atoms with Gasteiger partial charge in [0, 0.05) is 25.5 Å². The van der Waals surface area contributed by atoms with Crippen molar-refractivity contribution in [3.8, 4) is 0 Å². The fraction of sp³-hybridized carbons (Fsp3) is 0.400. The average Bonchev–Trinajstić information content (AvgIpc) is 2.20. The molecule has 0 aliphatic carbocycles. The molecule has 0 spiro atoms. The highest BCUT2D eigenvalue weighted by Crippen LogP contribution is 1.97. The van der Waals surface area contributed by atoms with Crippen molar-refractivity contribution in [2.24, 2.45) is 0 Å². The lowest BCUT2D eigenvalue weighted by Gasteiger charge is -2.17. The first-order valence-electron chi connectivity index (χ1n) is 4.57. The number of hydrogen-bond acceptors (Lipinski definition) is 4. The van der Waals surface area contributed by atoms with Crippen LogP contribution in [0, 0.1) is 0 Å². The molecule has 0 aliphatic rings. The van der Waals surface area contributed by atoms with Gasteiger partial charge in [0.25, 0.3) is 0 Å². The second kappa shape index (κ2) is 6.23. The monoisotopic (exact) mass is 193 g/mol. The zero-order valence-corrected chi connectivity index (χ0v) is 8.13. The van der Waals surface area contributed by atoms with Gasteiger partial charge in [0.1, 0.15) is 5.82 Å². The van der Waals surface area contributed by atoms with E-state index in [4.69, 9.17) is 5.11 Å². The SMILES string of the molecule is C=CCN(CCO)Cc1ncccn1. The Morgan fingerprint density at radius 1 is 1.43 bits per heavy atom. The van der Waals surface area contributed by atoms with E-state index < -0.39 is 0 Å². The number of aromatic nitrogens is 2. The molecule has 0 aromatic carbocycles. The molecule has 1 aromatic heterocycles. The highest BCUT2D eigenvalue weighted by molar-refractivity contribution is 4.89. The summed E-state index contributed by atoms with van der Waals surface area (Å²) in [5.74, 6) is 0.766. The summed E-state index contributed by atoms with van der Waals surface area (Å²) in [6.45, 7) is 5.80. The summed E-state index contributed by atoms with van der Waals surface area (Å²) in [6.07, 6.45) is 5.24. The summed E-state index contributed by atoms with van der Waals surface area (Å²) in [5, 5.41) is 8.82. The van der Waals surface area contributed by atoms with E-state index in [1.807, 2.05) is 4.90 Å². The molecular weight excluding hydrogens is 178 g/mol. The summed E-state index contributed by atoms with van der Waals surface area (Å²) in [6, 6.07) is 1.79. The van der Waals surface area contributed by atoms with E-state index in [0.29, 0.717) is 13.1 Å². The molecule has 4 heteroatoms. The zero-order chi connectivity index (χ0) is 10.2. The molecule has 0 bridgehead atoms. The zero-order valence-electron chi connectivity index (χ0n) is 8.13. The molecule has 0 aliphatic heterocycles. The van der Waals surface area contributed by atoms with Crippen LogP contribution in [0.25, 0.3) is 0 Å². The van der Waals surface area contributed by atoms with Crippen molar-refractivity contribution in [2.75, 3.05) is 19.7 Å². The molecule has 4 nitrogen and oxygen atoms in total. The van der Waals surface area contributed by atoms with Gasteiger partial charge in [-0.05, 0) is 6.07 Å². The summed E-state index contributed by atoms with van der Waals surface area (Å²) < 4.78 is 0. The van der Waals surface area contributed by atoms with Crippen LogP contribution in [0.4, 0.5) is 0 Å². The standard InChI is InChI=1S/C10H15N3O/c1-2-6-13(7-8-14)9-10-11-4-3-5-12-10/h2-5,14H,1,6-9H2. The third-order valence-corrected chi connectivity index (χ3v) is 1.79. The van der Waals surface area contributed by atoms with E-state index in [-0.39, 0.29) is 6.61 Å². The van der Waals surface area contributed by atoms with E-state index in [1.54, 1.807) is 24.5 Å². The Balaban J connectivity index is 2.50. The Labute approximate surface area is 83.9 Å². The largest absolute Gasteiger partial charge is 0.395 e. The van der Waals surface area contributed by atoms with Crippen molar-refractivity contribution in [2.45, 2.75) is 6.54 Å². The Bertz CT molecular complexity index is 263. The van der Waals surface area contributed by atoms with Gasteiger partial charge in [0.05, 0.1) is 13.2 Å². The third-order valence-electron chi connectivity index (χ3n) is 1.79. The van der Waals surface area contributed by atoms with Crippen molar-refractivity contribution < 1.29 is 5.11 Å². The van der Waals surface area contributed by atoms with E-state index in [1.165, 1.54) is 0 Å². The van der Waals surface area contributed by atoms with Crippen LogP contribution in [0.1, 0.15) is 5.82 Å². The number of nitrogens with zero attached hydrogens (tertiary/aromatic N) is 3. The Morgan fingerprint density at radius 2 is 2.14 bits per heavy atom. The van der Waals surface area contributed by atoms with E-state index in [2.05, 4.69) is 16.5 Å². The first-order valence-corrected chi connectivity index (χ1v) is 4.57. The van der Waals surface area contributed by atoms with Crippen LogP contribution >= 0.6 is 0 Å². The van der Waals surface area contributed by atoms with Crippen LogP contribution in [0.15, 0.2) is 31.1 Å². The molecule has 0 saturated heterocycles. The normalized spacial score (nSPS) is 10.4. The van der Waals surface area contributed by atoms with Crippen molar-refractivity contribution in [1.29, 1.82) is 0 Å². The van der Waals surface area contributed by atoms with Crippen LogP contribution in [0.3, 0.4) is 0 Å². The Hall–Kier alpha value is -1.26. The summed E-state index contributed by atoms with van der Waals surface area (Å²) in [5.41, 5.74) is 0. The predicted octanol–water partition coefficient (Wildman–Crippen LogP) is 0.457. The van der Waals surface area contributed by atoms with E-state index in [9.17, 15) is 0 Å². The lowest BCUT2D eigenvalue weighted by atomic mass is 10.4. The minimum absolute atomic E-state index is 0.140. The summed E-state index contributed by atoms with van der Waals surface area (Å²) >= 11 is 0. The Morgan fingerprint density at radius 3 is 2.71 bits per heavy atom. The fourth-order valence-corrected chi connectivity index (χ4v) is 1.17. The van der Waals surface area contributed by atoms with Crippen LogP contribution in [0.5, 0.6) is 0 Å². The molecule has 0 unspecified atom stereocenters. The number of rotatable bonds is 6. The molecule has 0 saturated carbocycles. The molecule has 0 atom stereocenters. The van der Waals surface area contributed by atoms with Crippen LogP contribution in [-0.4, -0.2) is 39.7 Å². The Kier molecular flexibility index (Phi) is 4.82. The molecule has 1 aromatic rings. The molecule has 1 N–H and O–H groups in total. The lowest BCUT2D eigenvalue weighted by Crippen LogP contribution is -2.27. The molecule has 0 radical (unpaired) electrons. The fourth-order valence-electron chi connectivity index (χ4n) is 1.17. The van der Waals surface area contributed by atoms with Gasteiger partial charge >= 0.3 is 0 Å². The predicted molar refractivity (Wildman–Crippen MR) is 54.6 cm³/mol. The van der Waals surface area contributed by atoms with Gasteiger partial charge in [-0.3, -0.25) is 4.90 Å². The van der Waals surface area contributed by atoms with E-state index in [0.717, 1.165) is 12.4 Å². The molecule has 1 heterocycles. The van der Waals surface area contributed by atoms with Gasteiger partial charge in [0.2, 0.25) is 0 Å². The maximum Gasteiger partial charge on any atom is 0.142 e. The third kappa shape index (κ3) is 3.64. The topological polar surface area (TPSA) is 49.2 Å². The van der Waals surface area contributed by atoms with Crippen molar-refractivity contribution >= 4 is 0 Å². The van der Waals surface area contributed by atoms with Gasteiger partial charge < -0.3 is 5.11 Å². The molecule has 76 valence electrons. The number of aliphatic hydroxyl groups excluding tert-OH is 1. The van der Waals surface area contributed by atoms with Gasteiger partial charge in [-0.2, -0.15) is 0 Å². The van der Waals surface area contributed by atoms with Gasteiger partial charge in [-0.1, -0.05) is 6.08 Å². The van der Waals surface area contributed by atoms with Crippen LogP contribution in [0.2, 0.25) is 0 Å². The lowest BCUT2D eigenvalue weighted by molar-refractivity contribution is 0.200. The summed E-state index contributed by atoms with van der Waals surface area (Å²) in [7, 11) is 0. The van der Waals surface area contributed by atoms with Crippen molar-refractivity contribution in [3.05, 3.63) is 36.9 Å². The van der Waals surface area contributed by atoms with Crippen LogP contribution < -0.4 is 0 Å². The van der Waals surface area contributed by atoms with Gasteiger partial charge in [-0.25, -0.2) is 9.97 Å². The first-order chi connectivity index (χ1) is 6.86. The smallest absolute Gasteiger partial charge is 0.142 e. The van der Waals surface area contributed by atoms with Gasteiger partial charge in [-0.15, -0.1) is 6.58 Å². The molecule has 0 amide bonds. The maximum absolute atomic E-state index is 8.82. The maximum atomic E-state index is 8.82. The highest BCUT2D eigenvalue weighted by Gasteiger charge is 2.04. The minimum atomic E-state index is 0.140. The molecule has 14 heavy (non-hydrogen) atoms. The second-order valence-corrected chi connectivity index (χ2v) is 2.91. The van der Waals surface area contributed by atoms with Crippen LogP contribution in [-0.2, 0) is 6.54 Å². The van der Waals surface area contributed by atoms with Crippen molar-refractivity contribution in [3.63, 3.8) is 0 Å². The number of aliphatic hydroxyl groups is 1. The minimum Gasteiger partial charge on any atom is -0.395 e. The molecule has 1 rings (SSSR count). The highest BCUT2D eigenvalue weighted by atomic mass is 16.3. The second-order valence-electron chi connectivity index (χ2n) is 2.91. The number of hydrogen-bond donors (Lipinski definition) is 1. The quantitative estimate of drug-likeness (QED) is 0.667. The summed E-state index contributed by atoms with van der Waals surface area (Å²) in [4.78, 5) is 10.3. The van der Waals surface area contributed by atoms with Crippen molar-refractivity contribution in [1.82, 2.24) is 14.9 Å².